The predicted molar refractivity (Wildman–Crippen MR) is 186 cm³/mol. The molecule has 0 bridgehead atoms. The summed E-state index contributed by atoms with van der Waals surface area (Å²) in [7, 11) is 0. The lowest BCUT2D eigenvalue weighted by Gasteiger charge is -2.45. The Balaban J connectivity index is 1.43. The van der Waals surface area contributed by atoms with E-state index in [-0.39, 0.29) is 50.6 Å². The van der Waals surface area contributed by atoms with Gasteiger partial charge in [0.2, 0.25) is 17.7 Å². The zero-order valence-electron chi connectivity index (χ0n) is 31.1. The Hall–Kier alpha value is -4.70. The lowest BCUT2D eigenvalue weighted by molar-refractivity contribution is -0.224. The van der Waals surface area contributed by atoms with E-state index >= 15 is 0 Å². The largest absolute Gasteiger partial charge is 0.463 e. The van der Waals surface area contributed by atoms with Crippen LogP contribution in [-0.4, -0.2) is 136 Å². The van der Waals surface area contributed by atoms with E-state index < -0.39 is 102 Å². The number of nitrogens with zero attached hydrogens (tertiary/aromatic N) is 1. The molecule has 0 saturated carbocycles. The molecule has 9 atom stereocenters. The van der Waals surface area contributed by atoms with Gasteiger partial charge in [-0.3, -0.25) is 43.1 Å². The monoisotopic (exact) mass is 785 g/mol. The number of ether oxygens (including phenoxy) is 5. The molecule has 1 aromatic rings. The normalized spacial score (nSPS) is 26.1. The van der Waals surface area contributed by atoms with Crippen LogP contribution in [0, 0.1) is 0 Å². The quantitative estimate of drug-likeness (QED) is 0.0417. The molecule has 3 rings (SSSR count). The summed E-state index contributed by atoms with van der Waals surface area (Å²) in [5.41, 5.74) is -1.81. The molecule has 3 amide bonds. The van der Waals surface area contributed by atoms with Gasteiger partial charge in [0.25, 0.3) is 5.56 Å². The number of H-pyrrole nitrogens is 1. The molecule has 3 heterocycles. The van der Waals surface area contributed by atoms with Crippen LogP contribution in [0.1, 0.15) is 77.9 Å². The van der Waals surface area contributed by atoms with Crippen LogP contribution >= 0.6 is 0 Å². The summed E-state index contributed by atoms with van der Waals surface area (Å²) in [5.74, 6) is -3.16. The minimum absolute atomic E-state index is 0.0921. The van der Waals surface area contributed by atoms with Gasteiger partial charge in [-0.05, 0) is 12.8 Å². The molecule has 0 radical (unpaired) electrons. The maximum absolute atomic E-state index is 12.4. The van der Waals surface area contributed by atoms with Crippen LogP contribution in [0.5, 0.6) is 0 Å². The molecule has 7 N–H and O–H groups in total. The smallest absolute Gasteiger partial charge is 0.328 e. The molecule has 2 aliphatic heterocycles. The molecule has 0 spiro atoms. The lowest BCUT2D eigenvalue weighted by atomic mass is 9.89. The molecule has 2 aliphatic rings. The first-order chi connectivity index (χ1) is 26.0. The lowest BCUT2D eigenvalue weighted by Crippen LogP contribution is -2.66. The van der Waals surface area contributed by atoms with Crippen LogP contribution < -0.4 is 27.2 Å². The molecular weight excluding hydrogens is 734 g/mol. The van der Waals surface area contributed by atoms with Gasteiger partial charge in [0, 0.05) is 66.4 Å². The minimum Gasteiger partial charge on any atom is -0.463 e. The van der Waals surface area contributed by atoms with Gasteiger partial charge in [0.15, 0.2) is 12.2 Å². The van der Waals surface area contributed by atoms with E-state index in [1.165, 1.54) is 20.8 Å². The van der Waals surface area contributed by atoms with Crippen molar-refractivity contribution < 1.29 is 67.8 Å². The predicted octanol–water partition coefficient (Wildman–Crippen LogP) is -3.04. The number of hydrogen-bond acceptors (Lipinski definition) is 16. The van der Waals surface area contributed by atoms with Gasteiger partial charge in [-0.1, -0.05) is 12.8 Å². The van der Waals surface area contributed by atoms with Gasteiger partial charge < -0.3 is 55.0 Å². The maximum Gasteiger partial charge on any atom is 0.328 e. The van der Waals surface area contributed by atoms with Crippen molar-refractivity contribution >= 4 is 35.6 Å². The number of carbonyl (C=O) groups is 6. The number of hydrogen-bond donors (Lipinski definition) is 7. The highest BCUT2D eigenvalue weighted by Crippen LogP contribution is 2.32. The van der Waals surface area contributed by atoms with Crippen LogP contribution in [-0.2, 0) is 59.0 Å². The Morgan fingerprint density at radius 1 is 0.800 bits per heavy atom. The van der Waals surface area contributed by atoms with E-state index in [4.69, 9.17) is 23.7 Å². The zero-order chi connectivity index (χ0) is 40.8. The first-order valence-corrected chi connectivity index (χ1v) is 17.9. The molecule has 0 aromatic carbocycles. The number of nitrogens with one attached hydrogen (secondary N) is 4. The summed E-state index contributed by atoms with van der Waals surface area (Å²) in [6.07, 6.45) is -6.40. The fraction of sp³-hybridized carbons (Fsp3) is 0.706. The van der Waals surface area contributed by atoms with Crippen molar-refractivity contribution in [3.63, 3.8) is 0 Å². The van der Waals surface area contributed by atoms with E-state index in [2.05, 4.69) is 20.9 Å². The van der Waals surface area contributed by atoms with E-state index in [1.54, 1.807) is 0 Å². The number of aryl methyl sites for hydroxylation is 1. The molecule has 0 aliphatic carbocycles. The number of aromatic nitrogens is 2. The number of aliphatic hydroxyl groups excluding tert-OH is 3. The summed E-state index contributed by atoms with van der Waals surface area (Å²) in [6, 6.07) is -0.899. The molecule has 21 nitrogen and oxygen atoms in total. The third kappa shape index (κ3) is 13.5. The number of amides is 3. The first kappa shape index (κ1) is 44.7. The number of carbonyl (C=O) groups excluding carboxylic acids is 6. The van der Waals surface area contributed by atoms with E-state index in [0.717, 1.165) is 17.7 Å². The van der Waals surface area contributed by atoms with Crippen molar-refractivity contribution in [1.29, 1.82) is 0 Å². The molecule has 2 saturated heterocycles. The second-order valence-corrected chi connectivity index (χ2v) is 13.2. The molecule has 1 aromatic heterocycles. The third-order valence-corrected chi connectivity index (χ3v) is 8.85. The molecular formula is C34H51N5O16. The van der Waals surface area contributed by atoms with Gasteiger partial charge in [0.1, 0.15) is 37.1 Å². The Morgan fingerprint density at radius 2 is 1.44 bits per heavy atom. The Labute approximate surface area is 315 Å². The summed E-state index contributed by atoms with van der Waals surface area (Å²) >= 11 is 0. The van der Waals surface area contributed by atoms with Crippen molar-refractivity contribution in [3.05, 3.63) is 32.6 Å². The van der Waals surface area contributed by atoms with Crippen LogP contribution in [0.3, 0.4) is 0 Å². The van der Waals surface area contributed by atoms with Crippen molar-refractivity contribution in [2.24, 2.45) is 0 Å². The number of rotatable bonds is 19. The highest BCUT2D eigenvalue weighted by Gasteiger charge is 2.50. The fourth-order valence-electron chi connectivity index (χ4n) is 6.33. The molecule has 2 fully saturated rings. The second kappa shape index (κ2) is 21.4. The van der Waals surface area contributed by atoms with Crippen molar-refractivity contribution in [2.75, 3.05) is 26.3 Å². The minimum atomic E-state index is -1.52. The average molecular weight is 786 g/mol. The van der Waals surface area contributed by atoms with Gasteiger partial charge in [-0.15, -0.1) is 0 Å². The van der Waals surface area contributed by atoms with E-state index in [9.17, 15) is 53.7 Å². The zero-order valence-corrected chi connectivity index (χ0v) is 31.1. The molecule has 7 unspecified atom stereocenters. The SMILES string of the molecule is CC(=O)NC1C(CCCCCC(=O)NCCNC(=O)CCn2cc([C@@H]3O[C@H](CO)C(O)C3O)c(=O)[nH]c2=O)OC(COC(C)=O)C(OC(C)=O)C1OC(C)=O. The molecule has 55 heavy (non-hydrogen) atoms. The van der Waals surface area contributed by atoms with E-state index in [1.807, 2.05) is 0 Å². The summed E-state index contributed by atoms with van der Waals surface area (Å²) in [4.78, 5) is 99.1. The number of aliphatic hydroxyl groups is 3. The van der Waals surface area contributed by atoms with Gasteiger partial charge >= 0.3 is 23.6 Å². The number of esters is 3. The summed E-state index contributed by atoms with van der Waals surface area (Å²) in [5, 5.41) is 37.6. The maximum atomic E-state index is 12.4. The van der Waals surface area contributed by atoms with Gasteiger partial charge in [-0.25, -0.2) is 4.79 Å². The van der Waals surface area contributed by atoms with Gasteiger partial charge in [-0.2, -0.15) is 0 Å². The van der Waals surface area contributed by atoms with Crippen LogP contribution in [0.25, 0.3) is 0 Å². The van der Waals surface area contributed by atoms with E-state index in [0.29, 0.717) is 25.7 Å². The first-order valence-electron chi connectivity index (χ1n) is 17.9. The number of aromatic amines is 1. The van der Waals surface area contributed by atoms with Crippen LogP contribution in [0.4, 0.5) is 0 Å². The van der Waals surface area contributed by atoms with Gasteiger partial charge in [0.05, 0.1) is 24.3 Å². The summed E-state index contributed by atoms with van der Waals surface area (Å²) in [6.45, 7) is 3.96. The molecule has 21 heteroatoms. The Morgan fingerprint density at radius 3 is 2.02 bits per heavy atom. The van der Waals surface area contributed by atoms with Crippen molar-refractivity contribution in [2.45, 2.75) is 128 Å². The molecule has 308 valence electrons. The average Bonchev–Trinajstić information content (AvgIpc) is 3.39. The topological polar surface area (TPSA) is 300 Å². The third-order valence-electron chi connectivity index (χ3n) is 8.85. The second-order valence-electron chi connectivity index (χ2n) is 13.2. The van der Waals surface area contributed by atoms with Crippen molar-refractivity contribution in [3.8, 4) is 0 Å². The Kier molecular flexibility index (Phi) is 17.4. The Bertz CT molecular complexity index is 1630. The van der Waals surface area contributed by atoms with Crippen LogP contribution in [0.15, 0.2) is 15.8 Å². The fourth-order valence-corrected chi connectivity index (χ4v) is 6.33. The summed E-state index contributed by atoms with van der Waals surface area (Å²) < 4.78 is 28.6. The highest BCUT2D eigenvalue weighted by molar-refractivity contribution is 5.77. The number of unbranched alkanes of at least 4 members (excludes halogenated alkanes) is 2. The van der Waals surface area contributed by atoms with Crippen LogP contribution in [0.2, 0.25) is 0 Å². The highest BCUT2D eigenvalue weighted by atomic mass is 16.6. The standard InChI is InChI=1S/C34H51N5O16/c1-17(41)37-27-22(54-24(16-51-18(2)42)31(52-19(3)43)32(27)53-20(4)44)8-6-5-7-9-25(45)35-11-12-36-26(46)10-13-39-14-21(33(49)38-34(39)50)30-29(48)28(47)23(15-40)55-30/h14,22-24,27-32,40,47-48H,5-13,15-16H2,1-4H3,(H,35,45)(H,36,46)(H,37,41)(H,38,49,50)/t22?,23-,24?,27?,28?,29?,30+,31?,32?/m1/s1. The van der Waals surface area contributed by atoms with Crippen molar-refractivity contribution in [1.82, 2.24) is 25.5 Å².